The summed E-state index contributed by atoms with van der Waals surface area (Å²) in [4.78, 5) is 0. The van der Waals surface area contributed by atoms with E-state index in [9.17, 15) is 13.2 Å². The maximum absolute atomic E-state index is 11.9. The maximum atomic E-state index is 11.9. The van der Waals surface area contributed by atoms with Crippen LogP contribution in [0, 0.1) is 0 Å². The molecular formula is C5H10F3N. The zero-order valence-corrected chi connectivity index (χ0v) is 5.15. The number of hydrogen-bond donors (Lipinski definition) is 1. The van der Waals surface area contributed by atoms with Gasteiger partial charge in [-0.05, 0) is 13.3 Å². The molecule has 2 atom stereocenters. The summed E-state index contributed by atoms with van der Waals surface area (Å²) in [6.45, 7) is 1.50. The fourth-order valence-electron chi connectivity index (χ4n) is 0.458. The van der Waals surface area contributed by atoms with Gasteiger partial charge < -0.3 is 5.73 Å². The topological polar surface area (TPSA) is 26.0 Å². The van der Waals surface area contributed by atoms with Crippen LogP contribution in [0.15, 0.2) is 0 Å². The van der Waals surface area contributed by atoms with Crippen molar-refractivity contribution < 1.29 is 13.2 Å². The number of nitrogens with two attached hydrogens (primary N) is 1. The van der Waals surface area contributed by atoms with Crippen molar-refractivity contribution in [2.45, 2.75) is 32.0 Å². The second-order valence-electron chi connectivity index (χ2n) is 2.06. The zero-order chi connectivity index (χ0) is 7.44. The zero-order valence-electron chi connectivity index (χ0n) is 5.15. The average Bonchev–Trinajstić information content (AvgIpc) is 1.63. The van der Waals surface area contributed by atoms with E-state index < -0.39 is 18.6 Å². The Labute approximate surface area is 52.0 Å². The highest BCUT2D eigenvalue weighted by molar-refractivity contribution is 4.64. The lowest BCUT2D eigenvalue weighted by Gasteiger charge is -2.08. The summed E-state index contributed by atoms with van der Waals surface area (Å²) in [6, 6.07) is -0.492. The number of hydrogen-bond acceptors (Lipinski definition) is 1. The van der Waals surface area contributed by atoms with Crippen LogP contribution >= 0.6 is 0 Å². The van der Waals surface area contributed by atoms with Crippen molar-refractivity contribution in [3.05, 3.63) is 0 Å². The van der Waals surface area contributed by atoms with Crippen LogP contribution < -0.4 is 5.73 Å². The van der Waals surface area contributed by atoms with Crippen molar-refractivity contribution in [2.75, 3.05) is 0 Å². The van der Waals surface area contributed by atoms with Crippen LogP contribution in [0.2, 0.25) is 0 Å². The first-order valence-corrected chi connectivity index (χ1v) is 2.72. The molecule has 1 nitrogen and oxygen atoms in total. The van der Waals surface area contributed by atoms with Gasteiger partial charge in [-0.2, -0.15) is 0 Å². The van der Waals surface area contributed by atoms with Crippen molar-refractivity contribution >= 4 is 0 Å². The van der Waals surface area contributed by atoms with Crippen LogP contribution in [-0.2, 0) is 0 Å². The van der Waals surface area contributed by atoms with Gasteiger partial charge in [0.25, 0.3) is 6.43 Å². The summed E-state index contributed by atoms with van der Waals surface area (Å²) in [7, 11) is 0. The summed E-state index contributed by atoms with van der Waals surface area (Å²) >= 11 is 0. The lowest BCUT2D eigenvalue weighted by Crippen LogP contribution is -2.24. The van der Waals surface area contributed by atoms with E-state index in [-0.39, 0.29) is 6.42 Å². The number of alkyl halides is 3. The third-order valence-electron chi connectivity index (χ3n) is 0.870. The molecule has 0 radical (unpaired) electrons. The monoisotopic (exact) mass is 141 g/mol. The summed E-state index contributed by atoms with van der Waals surface area (Å²) in [5.74, 6) is 0. The standard InChI is InChI=1S/C5H10F3N/c1-3(9)2-4(6)5(7)8/h3-5H,2,9H2,1H3. The van der Waals surface area contributed by atoms with Crippen molar-refractivity contribution in [1.29, 1.82) is 0 Å². The first-order valence-electron chi connectivity index (χ1n) is 2.72. The molecule has 2 unspecified atom stereocenters. The number of rotatable bonds is 3. The fourth-order valence-corrected chi connectivity index (χ4v) is 0.458. The van der Waals surface area contributed by atoms with E-state index in [4.69, 9.17) is 5.73 Å². The molecule has 0 aliphatic rings. The highest BCUT2D eigenvalue weighted by Crippen LogP contribution is 2.10. The molecule has 0 aliphatic carbocycles. The highest BCUT2D eigenvalue weighted by Gasteiger charge is 2.19. The van der Waals surface area contributed by atoms with E-state index in [0.29, 0.717) is 0 Å². The Bertz CT molecular complexity index is 74.6. The quantitative estimate of drug-likeness (QED) is 0.630. The minimum absolute atomic E-state index is 0.266. The molecule has 0 aliphatic heterocycles. The van der Waals surface area contributed by atoms with Gasteiger partial charge in [-0.15, -0.1) is 0 Å². The van der Waals surface area contributed by atoms with Gasteiger partial charge in [-0.25, -0.2) is 13.2 Å². The molecule has 0 saturated heterocycles. The van der Waals surface area contributed by atoms with Gasteiger partial charge in [-0.3, -0.25) is 0 Å². The SMILES string of the molecule is CC(N)CC(F)C(F)F. The Kier molecular flexibility index (Phi) is 3.61. The van der Waals surface area contributed by atoms with Crippen LogP contribution in [-0.4, -0.2) is 18.6 Å². The van der Waals surface area contributed by atoms with Crippen LogP contribution in [0.3, 0.4) is 0 Å². The van der Waals surface area contributed by atoms with Gasteiger partial charge in [0.05, 0.1) is 0 Å². The molecule has 0 heterocycles. The molecule has 0 aromatic heterocycles. The van der Waals surface area contributed by atoms with Gasteiger partial charge >= 0.3 is 0 Å². The van der Waals surface area contributed by atoms with E-state index in [2.05, 4.69) is 0 Å². The minimum atomic E-state index is -2.89. The maximum Gasteiger partial charge on any atom is 0.269 e. The van der Waals surface area contributed by atoms with Crippen LogP contribution in [0.4, 0.5) is 13.2 Å². The summed E-state index contributed by atoms with van der Waals surface area (Å²) in [5.41, 5.74) is 5.06. The van der Waals surface area contributed by atoms with Crippen LogP contribution in [0.1, 0.15) is 13.3 Å². The second-order valence-corrected chi connectivity index (χ2v) is 2.06. The van der Waals surface area contributed by atoms with E-state index >= 15 is 0 Å². The van der Waals surface area contributed by atoms with E-state index in [1.54, 1.807) is 0 Å². The molecule has 9 heavy (non-hydrogen) atoms. The van der Waals surface area contributed by atoms with Crippen molar-refractivity contribution in [3.63, 3.8) is 0 Å². The van der Waals surface area contributed by atoms with Crippen LogP contribution in [0.25, 0.3) is 0 Å². The normalized spacial score (nSPS) is 18.0. The largest absolute Gasteiger partial charge is 0.328 e. The number of halogens is 3. The summed E-state index contributed by atoms with van der Waals surface area (Å²) < 4.78 is 34.7. The van der Waals surface area contributed by atoms with Gasteiger partial charge in [0.2, 0.25) is 0 Å². The lowest BCUT2D eigenvalue weighted by atomic mass is 10.2. The first-order chi connectivity index (χ1) is 4.04. The molecule has 2 N–H and O–H groups in total. The Morgan fingerprint density at radius 2 is 1.78 bits per heavy atom. The Morgan fingerprint density at radius 3 is 1.89 bits per heavy atom. The molecule has 4 heteroatoms. The van der Waals surface area contributed by atoms with Crippen molar-refractivity contribution in [3.8, 4) is 0 Å². The third kappa shape index (κ3) is 4.27. The lowest BCUT2D eigenvalue weighted by molar-refractivity contribution is 0.0426. The molecule has 0 rings (SSSR count). The Morgan fingerprint density at radius 1 is 1.33 bits per heavy atom. The molecule has 0 aromatic carbocycles. The van der Waals surface area contributed by atoms with E-state index in [1.165, 1.54) is 6.92 Å². The fraction of sp³-hybridized carbons (Fsp3) is 1.00. The Hall–Kier alpha value is -0.250. The third-order valence-corrected chi connectivity index (χ3v) is 0.870. The molecular weight excluding hydrogens is 131 g/mol. The minimum Gasteiger partial charge on any atom is -0.328 e. The smallest absolute Gasteiger partial charge is 0.269 e. The van der Waals surface area contributed by atoms with Gasteiger partial charge in [0.15, 0.2) is 6.17 Å². The van der Waals surface area contributed by atoms with E-state index in [1.807, 2.05) is 0 Å². The van der Waals surface area contributed by atoms with Crippen LogP contribution in [0.5, 0.6) is 0 Å². The molecule has 0 amide bonds. The predicted molar refractivity (Wildman–Crippen MR) is 29.2 cm³/mol. The average molecular weight is 141 g/mol. The second kappa shape index (κ2) is 3.71. The van der Waals surface area contributed by atoms with Crippen molar-refractivity contribution in [2.24, 2.45) is 5.73 Å². The Balaban J connectivity index is 3.38. The summed E-state index contributed by atoms with van der Waals surface area (Å²) in [6.07, 6.45) is -5.22. The summed E-state index contributed by atoms with van der Waals surface area (Å²) in [5, 5.41) is 0. The molecule has 0 saturated carbocycles. The van der Waals surface area contributed by atoms with Gasteiger partial charge in [-0.1, -0.05) is 0 Å². The predicted octanol–water partition coefficient (Wildman–Crippen LogP) is 1.33. The first kappa shape index (κ1) is 8.75. The van der Waals surface area contributed by atoms with Gasteiger partial charge in [0.1, 0.15) is 0 Å². The molecule has 0 aromatic rings. The molecule has 56 valence electrons. The molecule has 0 spiro atoms. The van der Waals surface area contributed by atoms with E-state index in [0.717, 1.165) is 0 Å². The molecule has 0 fully saturated rings. The molecule has 0 bridgehead atoms. The highest BCUT2D eigenvalue weighted by atomic mass is 19.3. The van der Waals surface area contributed by atoms with Gasteiger partial charge in [0, 0.05) is 6.04 Å². The van der Waals surface area contributed by atoms with Crippen molar-refractivity contribution in [1.82, 2.24) is 0 Å².